The third-order valence-corrected chi connectivity index (χ3v) is 3.84. The fourth-order valence-electron chi connectivity index (χ4n) is 2.08. The molecule has 0 aliphatic carbocycles. The van der Waals surface area contributed by atoms with E-state index in [0.29, 0.717) is 10.6 Å². The summed E-state index contributed by atoms with van der Waals surface area (Å²) in [5.74, 6) is 5.22. The predicted molar refractivity (Wildman–Crippen MR) is 80.9 cm³/mol. The third-order valence-electron chi connectivity index (χ3n) is 2.99. The first-order valence-electron chi connectivity index (χ1n) is 6.09. The topological polar surface area (TPSA) is 55.9 Å². The number of nitrogens with one attached hydrogen (secondary N) is 1. The van der Waals surface area contributed by atoms with Crippen molar-refractivity contribution in [2.24, 2.45) is 5.84 Å². The maximum Gasteiger partial charge on any atom is 0.129 e. The van der Waals surface area contributed by atoms with Crippen LogP contribution in [0.5, 0.6) is 0 Å². The molecule has 0 saturated heterocycles. The Morgan fingerprint density at radius 1 is 1.45 bits per heavy atom. The summed E-state index contributed by atoms with van der Waals surface area (Å²) in [4.78, 5) is 0. The minimum atomic E-state index is -0.522. The second kappa shape index (κ2) is 6.22. The molecule has 0 aliphatic rings. The van der Waals surface area contributed by atoms with Gasteiger partial charge in [0.15, 0.2) is 0 Å². The lowest BCUT2D eigenvalue weighted by Crippen LogP contribution is -2.32. The van der Waals surface area contributed by atoms with E-state index in [2.05, 4.69) is 26.5 Å². The van der Waals surface area contributed by atoms with Crippen LogP contribution < -0.4 is 11.3 Å². The van der Waals surface area contributed by atoms with Crippen LogP contribution in [0.25, 0.3) is 0 Å². The lowest BCUT2D eigenvalue weighted by molar-refractivity contribution is 0.466. The van der Waals surface area contributed by atoms with Crippen molar-refractivity contribution >= 4 is 27.5 Å². The SMILES string of the molecule is CC(C)n1ncc(Br)c1C(NN)c1ccc(Cl)cc1F. The number of aromatic nitrogens is 2. The van der Waals surface area contributed by atoms with Crippen LogP contribution in [0.1, 0.15) is 37.2 Å². The highest BCUT2D eigenvalue weighted by Crippen LogP contribution is 2.32. The smallest absolute Gasteiger partial charge is 0.129 e. The molecule has 4 nitrogen and oxygen atoms in total. The second-order valence-corrected chi connectivity index (χ2v) is 5.97. The summed E-state index contributed by atoms with van der Waals surface area (Å²) in [5, 5.41) is 4.63. The molecule has 0 radical (unpaired) electrons. The molecule has 0 spiro atoms. The van der Waals surface area contributed by atoms with Crippen molar-refractivity contribution < 1.29 is 4.39 Å². The van der Waals surface area contributed by atoms with Crippen LogP contribution in [0.3, 0.4) is 0 Å². The molecule has 1 aromatic heterocycles. The molecule has 1 atom stereocenters. The number of nitrogens with zero attached hydrogens (tertiary/aromatic N) is 2. The Labute approximate surface area is 130 Å². The summed E-state index contributed by atoms with van der Waals surface area (Å²) in [6, 6.07) is 4.13. The van der Waals surface area contributed by atoms with E-state index in [0.717, 1.165) is 10.2 Å². The zero-order valence-electron chi connectivity index (χ0n) is 11.1. The molecule has 0 fully saturated rings. The van der Waals surface area contributed by atoms with Gasteiger partial charge in [-0.3, -0.25) is 10.5 Å². The van der Waals surface area contributed by atoms with Gasteiger partial charge < -0.3 is 0 Å². The highest BCUT2D eigenvalue weighted by Gasteiger charge is 2.24. The van der Waals surface area contributed by atoms with E-state index in [1.54, 1.807) is 23.0 Å². The van der Waals surface area contributed by atoms with Crippen molar-refractivity contribution in [3.05, 3.63) is 51.0 Å². The Hall–Kier alpha value is -0.950. The van der Waals surface area contributed by atoms with Crippen LogP contribution in [0, 0.1) is 5.82 Å². The van der Waals surface area contributed by atoms with Crippen LogP contribution >= 0.6 is 27.5 Å². The zero-order valence-corrected chi connectivity index (χ0v) is 13.4. The van der Waals surface area contributed by atoms with E-state index in [4.69, 9.17) is 17.4 Å². The van der Waals surface area contributed by atoms with Crippen LogP contribution in [-0.2, 0) is 0 Å². The van der Waals surface area contributed by atoms with Crippen LogP contribution in [0.15, 0.2) is 28.9 Å². The summed E-state index contributed by atoms with van der Waals surface area (Å²) in [6.07, 6.45) is 1.67. The minimum Gasteiger partial charge on any atom is -0.271 e. The first kappa shape index (κ1) is 15.4. The van der Waals surface area contributed by atoms with Gasteiger partial charge in [0.05, 0.1) is 22.4 Å². The van der Waals surface area contributed by atoms with Crippen LogP contribution in [0.4, 0.5) is 4.39 Å². The number of benzene rings is 1. The van der Waals surface area contributed by atoms with Gasteiger partial charge in [-0.25, -0.2) is 9.82 Å². The monoisotopic (exact) mass is 360 g/mol. The van der Waals surface area contributed by atoms with Crippen molar-refractivity contribution in [3.63, 3.8) is 0 Å². The number of hydrogen-bond donors (Lipinski definition) is 2. The number of rotatable bonds is 4. The molecule has 0 aliphatic heterocycles. The van der Waals surface area contributed by atoms with Crippen LogP contribution in [-0.4, -0.2) is 9.78 Å². The molecule has 0 saturated carbocycles. The fraction of sp³-hybridized carbons (Fsp3) is 0.308. The molecule has 1 heterocycles. The van der Waals surface area contributed by atoms with Gasteiger partial charge in [0, 0.05) is 16.6 Å². The van der Waals surface area contributed by atoms with E-state index in [9.17, 15) is 4.39 Å². The first-order valence-corrected chi connectivity index (χ1v) is 7.26. The standard InChI is InChI=1S/C13H15BrClFN4/c1-7(2)20-13(10(14)6-18-20)12(19-17)9-4-3-8(15)5-11(9)16/h3-7,12,19H,17H2,1-2H3. The number of hydrogen-bond acceptors (Lipinski definition) is 3. The molecule has 2 aromatic rings. The van der Waals surface area contributed by atoms with Crippen molar-refractivity contribution in [2.75, 3.05) is 0 Å². The number of nitrogens with two attached hydrogens (primary N) is 1. The molecule has 1 aromatic carbocycles. The van der Waals surface area contributed by atoms with Gasteiger partial charge >= 0.3 is 0 Å². The number of halogens is 3. The van der Waals surface area contributed by atoms with Gasteiger partial charge in [0.1, 0.15) is 5.82 Å². The second-order valence-electron chi connectivity index (χ2n) is 4.68. The average Bonchev–Trinajstić information content (AvgIpc) is 2.75. The Morgan fingerprint density at radius 2 is 2.15 bits per heavy atom. The predicted octanol–water partition coefficient (Wildman–Crippen LogP) is 3.57. The highest BCUT2D eigenvalue weighted by molar-refractivity contribution is 9.10. The van der Waals surface area contributed by atoms with E-state index >= 15 is 0 Å². The van der Waals surface area contributed by atoms with Gasteiger partial charge in [-0.1, -0.05) is 17.7 Å². The summed E-state index contributed by atoms with van der Waals surface area (Å²) in [6.45, 7) is 3.99. The Morgan fingerprint density at radius 3 is 2.70 bits per heavy atom. The lowest BCUT2D eigenvalue weighted by Gasteiger charge is -2.21. The van der Waals surface area contributed by atoms with Gasteiger partial charge in [-0.05, 0) is 41.9 Å². The minimum absolute atomic E-state index is 0.127. The summed E-state index contributed by atoms with van der Waals surface area (Å²) in [7, 11) is 0. The molecule has 20 heavy (non-hydrogen) atoms. The van der Waals surface area contributed by atoms with E-state index in [1.807, 2.05) is 13.8 Å². The van der Waals surface area contributed by atoms with Crippen molar-refractivity contribution in [1.82, 2.24) is 15.2 Å². The molecule has 0 amide bonds. The normalized spacial score (nSPS) is 12.9. The van der Waals surface area contributed by atoms with E-state index in [1.165, 1.54) is 6.07 Å². The maximum atomic E-state index is 14.1. The Balaban J connectivity index is 2.55. The van der Waals surface area contributed by atoms with Crippen molar-refractivity contribution in [3.8, 4) is 0 Å². The van der Waals surface area contributed by atoms with Crippen molar-refractivity contribution in [1.29, 1.82) is 0 Å². The quantitative estimate of drug-likeness (QED) is 0.646. The summed E-state index contributed by atoms with van der Waals surface area (Å²) in [5.41, 5.74) is 3.83. The molecule has 7 heteroatoms. The zero-order chi connectivity index (χ0) is 14.9. The van der Waals surface area contributed by atoms with E-state index < -0.39 is 11.9 Å². The van der Waals surface area contributed by atoms with Crippen LogP contribution in [0.2, 0.25) is 5.02 Å². The maximum absolute atomic E-state index is 14.1. The highest BCUT2D eigenvalue weighted by atomic mass is 79.9. The Bertz CT molecular complexity index is 614. The number of hydrazine groups is 1. The fourth-order valence-corrected chi connectivity index (χ4v) is 2.74. The van der Waals surface area contributed by atoms with Gasteiger partial charge in [-0.2, -0.15) is 5.10 Å². The molecule has 108 valence electrons. The summed E-state index contributed by atoms with van der Waals surface area (Å²) < 4.78 is 16.7. The molecular weight excluding hydrogens is 347 g/mol. The molecular formula is C13H15BrClFN4. The Kier molecular flexibility index (Phi) is 4.80. The molecule has 2 rings (SSSR count). The van der Waals surface area contributed by atoms with E-state index in [-0.39, 0.29) is 6.04 Å². The summed E-state index contributed by atoms with van der Waals surface area (Å²) >= 11 is 9.22. The van der Waals surface area contributed by atoms with Crippen molar-refractivity contribution in [2.45, 2.75) is 25.9 Å². The van der Waals surface area contributed by atoms with Gasteiger partial charge in [-0.15, -0.1) is 0 Å². The first-order chi connectivity index (χ1) is 9.45. The third kappa shape index (κ3) is 2.88. The average molecular weight is 362 g/mol. The molecule has 3 N–H and O–H groups in total. The molecule has 0 bridgehead atoms. The van der Waals surface area contributed by atoms with Gasteiger partial charge in [0.25, 0.3) is 0 Å². The largest absolute Gasteiger partial charge is 0.271 e. The molecule has 1 unspecified atom stereocenters. The lowest BCUT2D eigenvalue weighted by atomic mass is 10.0. The van der Waals surface area contributed by atoms with Gasteiger partial charge in [0.2, 0.25) is 0 Å².